The van der Waals surface area contributed by atoms with Gasteiger partial charge in [0.05, 0.1) is 5.54 Å². The first-order chi connectivity index (χ1) is 12.5. The Morgan fingerprint density at radius 3 is 1.96 bits per heavy atom. The molecular formula is C22H29N3O2. The van der Waals surface area contributed by atoms with Gasteiger partial charge in [-0.3, -0.25) is 4.79 Å². The molecule has 0 aliphatic heterocycles. The monoisotopic (exact) mass is 367 g/mol. The van der Waals surface area contributed by atoms with Crippen molar-refractivity contribution in [1.82, 2.24) is 10.4 Å². The lowest BCUT2D eigenvalue weighted by Crippen LogP contribution is -2.56. The van der Waals surface area contributed by atoms with Gasteiger partial charge in [-0.1, -0.05) is 23.3 Å². The Labute approximate surface area is 161 Å². The lowest BCUT2D eigenvalue weighted by Gasteiger charge is -2.35. The average Bonchev–Trinajstić information content (AvgIpc) is 2.53. The summed E-state index contributed by atoms with van der Waals surface area (Å²) in [6, 6.07) is 10.9. The predicted molar refractivity (Wildman–Crippen MR) is 110 cm³/mol. The number of aryl methyl sites for hydroxylation is 4. The van der Waals surface area contributed by atoms with Crippen molar-refractivity contribution in [2.75, 3.05) is 5.32 Å². The van der Waals surface area contributed by atoms with E-state index >= 15 is 0 Å². The van der Waals surface area contributed by atoms with Crippen molar-refractivity contribution in [2.45, 2.75) is 54.0 Å². The van der Waals surface area contributed by atoms with Gasteiger partial charge in [-0.25, -0.2) is 15.2 Å². The maximum atomic E-state index is 13.1. The van der Waals surface area contributed by atoms with E-state index < -0.39 is 11.6 Å². The second-order valence-corrected chi connectivity index (χ2v) is 8.05. The molecule has 0 fully saturated rings. The number of benzene rings is 2. The van der Waals surface area contributed by atoms with E-state index in [-0.39, 0.29) is 5.91 Å². The van der Waals surface area contributed by atoms with E-state index in [9.17, 15) is 9.59 Å². The normalized spacial score (nSPS) is 11.1. The van der Waals surface area contributed by atoms with Gasteiger partial charge in [0.25, 0.3) is 5.91 Å². The Hall–Kier alpha value is -2.82. The third-order valence-corrected chi connectivity index (χ3v) is 4.32. The average molecular weight is 367 g/mol. The summed E-state index contributed by atoms with van der Waals surface area (Å²) >= 11 is 0. The third-order valence-electron chi connectivity index (χ3n) is 4.32. The first-order valence-electron chi connectivity index (χ1n) is 9.05. The van der Waals surface area contributed by atoms with E-state index in [4.69, 9.17) is 0 Å². The third kappa shape index (κ3) is 5.33. The van der Waals surface area contributed by atoms with Crippen LogP contribution in [0.1, 0.15) is 53.4 Å². The molecule has 27 heavy (non-hydrogen) atoms. The van der Waals surface area contributed by atoms with Gasteiger partial charge < -0.3 is 5.32 Å². The van der Waals surface area contributed by atoms with Crippen LogP contribution < -0.4 is 10.7 Å². The zero-order valence-electron chi connectivity index (χ0n) is 17.2. The summed E-state index contributed by atoms with van der Waals surface area (Å²) in [7, 11) is 0. The van der Waals surface area contributed by atoms with Gasteiger partial charge in [-0.2, -0.15) is 0 Å². The van der Waals surface area contributed by atoms with Crippen molar-refractivity contribution >= 4 is 17.6 Å². The van der Waals surface area contributed by atoms with E-state index in [1.165, 1.54) is 5.01 Å². The SMILES string of the molecule is Cc1cc(C)cc(C(=O)N(NC(=O)Nc2ccc(C)c(C)c2)C(C)(C)C)c1. The standard InChI is InChI=1S/C22H29N3O2/c1-14-10-15(2)12-18(11-14)20(26)25(22(5,6)7)24-21(27)23-19-9-8-16(3)17(4)13-19/h8-13H,1-7H3,(H2,23,24,27). The minimum absolute atomic E-state index is 0.246. The van der Waals surface area contributed by atoms with Crippen molar-refractivity contribution < 1.29 is 9.59 Å². The summed E-state index contributed by atoms with van der Waals surface area (Å²) in [5.41, 5.74) is 7.61. The number of carbonyl (C=O) groups excluding carboxylic acids is 2. The van der Waals surface area contributed by atoms with Crippen LogP contribution in [-0.4, -0.2) is 22.5 Å². The summed E-state index contributed by atoms with van der Waals surface area (Å²) in [6.07, 6.45) is 0. The molecule has 2 N–H and O–H groups in total. The molecule has 0 unspecified atom stereocenters. The fourth-order valence-electron chi connectivity index (χ4n) is 2.83. The van der Waals surface area contributed by atoms with Crippen LogP contribution in [0, 0.1) is 27.7 Å². The maximum absolute atomic E-state index is 13.1. The van der Waals surface area contributed by atoms with Crippen molar-refractivity contribution in [2.24, 2.45) is 0 Å². The number of carbonyl (C=O) groups is 2. The quantitative estimate of drug-likeness (QED) is 0.742. The minimum atomic E-state index is -0.588. The summed E-state index contributed by atoms with van der Waals surface area (Å²) in [4.78, 5) is 25.6. The van der Waals surface area contributed by atoms with Crippen LogP contribution >= 0.6 is 0 Å². The number of anilines is 1. The van der Waals surface area contributed by atoms with Crippen LogP contribution in [0.4, 0.5) is 10.5 Å². The van der Waals surface area contributed by atoms with Gasteiger partial charge >= 0.3 is 6.03 Å². The van der Waals surface area contributed by atoms with Crippen molar-refractivity contribution in [3.63, 3.8) is 0 Å². The highest BCUT2D eigenvalue weighted by Gasteiger charge is 2.29. The van der Waals surface area contributed by atoms with Crippen LogP contribution in [-0.2, 0) is 0 Å². The van der Waals surface area contributed by atoms with E-state index in [1.54, 1.807) is 0 Å². The second kappa shape index (κ2) is 7.82. The van der Waals surface area contributed by atoms with Crippen LogP contribution in [0.5, 0.6) is 0 Å². The van der Waals surface area contributed by atoms with Gasteiger partial charge in [0, 0.05) is 11.3 Å². The predicted octanol–water partition coefficient (Wildman–Crippen LogP) is 4.90. The van der Waals surface area contributed by atoms with Gasteiger partial charge in [0.1, 0.15) is 0 Å². The molecule has 2 aromatic carbocycles. The fourth-order valence-corrected chi connectivity index (χ4v) is 2.83. The molecule has 5 nitrogen and oxygen atoms in total. The van der Waals surface area contributed by atoms with Gasteiger partial charge in [0.15, 0.2) is 0 Å². The zero-order valence-corrected chi connectivity index (χ0v) is 17.2. The second-order valence-electron chi connectivity index (χ2n) is 8.05. The Bertz CT molecular complexity index is 846. The first kappa shape index (κ1) is 20.5. The molecule has 0 saturated heterocycles. The number of hydrogen-bond acceptors (Lipinski definition) is 2. The number of urea groups is 1. The smallest absolute Gasteiger partial charge is 0.307 e. The van der Waals surface area contributed by atoms with E-state index in [2.05, 4.69) is 10.7 Å². The lowest BCUT2D eigenvalue weighted by molar-refractivity contribution is 0.0460. The van der Waals surface area contributed by atoms with Crippen LogP contribution in [0.3, 0.4) is 0 Å². The molecular weight excluding hydrogens is 338 g/mol. The van der Waals surface area contributed by atoms with E-state index in [0.29, 0.717) is 11.3 Å². The molecule has 0 saturated carbocycles. The molecule has 0 aliphatic rings. The van der Waals surface area contributed by atoms with E-state index in [0.717, 1.165) is 22.3 Å². The van der Waals surface area contributed by atoms with Gasteiger partial charge in [-0.05, 0) is 83.9 Å². The fraction of sp³-hybridized carbons (Fsp3) is 0.364. The molecule has 2 rings (SSSR count). The van der Waals surface area contributed by atoms with Crippen LogP contribution in [0.25, 0.3) is 0 Å². The van der Waals surface area contributed by atoms with Gasteiger partial charge in [-0.15, -0.1) is 0 Å². The van der Waals surface area contributed by atoms with Crippen LogP contribution in [0.15, 0.2) is 36.4 Å². The van der Waals surface area contributed by atoms with Crippen molar-refractivity contribution in [3.05, 3.63) is 64.2 Å². The Balaban J connectivity index is 2.22. The summed E-state index contributed by atoms with van der Waals surface area (Å²) in [5, 5.41) is 4.17. The number of rotatable bonds is 2. The number of amides is 3. The molecule has 0 aromatic heterocycles. The molecule has 3 amide bonds. The zero-order chi connectivity index (χ0) is 20.4. The lowest BCUT2D eigenvalue weighted by atomic mass is 10.0. The van der Waals surface area contributed by atoms with Crippen LogP contribution in [0.2, 0.25) is 0 Å². The molecule has 0 spiro atoms. The summed E-state index contributed by atoms with van der Waals surface area (Å²) in [6.45, 7) is 13.5. The summed E-state index contributed by atoms with van der Waals surface area (Å²) < 4.78 is 0. The molecule has 2 aromatic rings. The largest absolute Gasteiger partial charge is 0.338 e. The molecule has 144 valence electrons. The maximum Gasteiger partial charge on any atom is 0.338 e. The number of nitrogens with one attached hydrogen (secondary N) is 2. The molecule has 0 atom stereocenters. The summed E-state index contributed by atoms with van der Waals surface area (Å²) in [5.74, 6) is -0.246. The highest BCUT2D eigenvalue weighted by atomic mass is 16.2. The number of nitrogens with zero attached hydrogens (tertiary/aromatic N) is 1. The number of hydrogen-bond donors (Lipinski definition) is 2. The van der Waals surface area contributed by atoms with Crippen molar-refractivity contribution in [1.29, 1.82) is 0 Å². The molecule has 0 heterocycles. The molecule has 5 heteroatoms. The minimum Gasteiger partial charge on any atom is -0.307 e. The Morgan fingerprint density at radius 1 is 0.852 bits per heavy atom. The van der Waals surface area contributed by atoms with E-state index in [1.807, 2.05) is 84.9 Å². The molecule has 0 bridgehead atoms. The highest BCUT2D eigenvalue weighted by molar-refractivity contribution is 5.97. The van der Waals surface area contributed by atoms with Gasteiger partial charge in [0.2, 0.25) is 0 Å². The Morgan fingerprint density at radius 2 is 1.44 bits per heavy atom. The topological polar surface area (TPSA) is 61.4 Å². The first-order valence-corrected chi connectivity index (χ1v) is 9.05. The highest BCUT2D eigenvalue weighted by Crippen LogP contribution is 2.18. The van der Waals surface area contributed by atoms with Crippen molar-refractivity contribution in [3.8, 4) is 0 Å². The molecule has 0 aliphatic carbocycles. The number of hydrazine groups is 1. The Kier molecular flexibility index (Phi) is 5.94. The molecule has 0 radical (unpaired) electrons.